The third kappa shape index (κ3) is 2.58. The van der Waals surface area contributed by atoms with Crippen LogP contribution in [-0.2, 0) is 0 Å². The Labute approximate surface area is 128 Å². The van der Waals surface area contributed by atoms with E-state index in [0.717, 1.165) is 23.2 Å². The van der Waals surface area contributed by atoms with E-state index in [-0.39, 0.29) is 0 Å². The molecule has 1 aliphatic heterocycles. The molecule has 1 spiro atoms. The normalized spacial score (nSPS) is 21.4. The predicted octanol–water partition coefficient (Wildman–Crippen LogP) is 4.31. The molecule has 0 unspecified atom stereocenters. The summed E-state index contributed by atoms with van der Waals surface area (Å²) in [5, 5.41) is 9.12. The Morgan fingerprint density at radius 3 is 2.40 bits per heavy atom. The van der Waals surface area contributed by atoms with E-state index in [0.29, 0.717) is 11.0 Å². The number of hydrogen-bond donors (Lipinski definition) is 1. The molecule has 4 heteroatoms. The molecule has 0 bridgehead atoms. The summed E-state index contributed by atoms with van der Waals surface area (Å²) in [4.78, 5) is 13.4. The van der Waals surface area contributed by atoms with Crippen LogP contribution >= 0.6 is 15.9 Å². The molecule has 108 valence electrons. The van der Waals surface area contributed by atoms with E-state index in [1.807, 2.05) is 6.07 Å². The fourth-order valence-electron chi connectivity index (χ4n) is 3.62. The summed E-state index contributed by atoms with van der Waals surface area (Å²) in [7, 11) is 0. The van der Waals surface area contributed by atoms with E-state index >= 15 is 0 Å². The molecule has 0 aromatic heterocycles. The SMILES string of the molecule is O=C(O)c1ccc(Br)c(N2CC3(CCCCCC3)C2)c1. The summed E-state index contributed by atoms with van der Waals surface area (Å²) >= 11 is 3.55. The van der Waals surface area contributed by atoms with Crippen LogP contribution in [0.15, 0.2) is 22.7 Å². The van der Waals surface area contributed by atoms with Crippen molar-refractivity contribution < 1.29 is 9.90 Å². The Morgan fingerprint density at radius 1 is 1.15 bits per heavy atom. The van der Waals surface area contributed by atoms with Gasteiger partial charge in [-0.05, 0) is 47.0 Å². The lowest BCUT2D eigenvalue weighted by molar-refractivity contribution is 0.0697. The molecule has 0 amide bonds. The van der Waals surface area contributed by atoms with Crippen LogP contribution in [0.4, 0.5) is 5.69 Å². The number of rotatable bonds is 2. The van der Waals surface area contributed by atoms with Gasteiger partial charge in [0.25, 0.3) is 0 Å². The monoisotopic (exact) mass is 337 g/mol. The van der Waals surface area contributed by atoms with Gasteiger partial charge in [-0.1, -0.05) is 25.7 Å². The molecule has 3 nitrogen and oxygen atoms in total. The van der Waals surface area contributed by atoms with Gasteiger partial charge in [0.15, 0.2) is 0 Å². The van der Waals surface area contributed by atoms with Crippen LogP contribution < -0.4 is 4.90 Å². The van der Waals surface area contributed by atoms with E-state index in [4.69, 9.17) is 5.11 Å². The number of anilines is 1. The summed E-state index contributed by atoms with van der Waals surface area (Å²) in [6, 6.07) is 5.28. The third-order valence-electron chi connectivity index (χ3n) is 4.75. The second-order valence-corrected chi connectivity index (χ2v) is 7.10. The average Bonchev–Trinajstić information content (AvgIpc) is 2.63. The topological polar surface area (TPSA) is 40.5 Å². The van der Waals surface area contributed by atoms with Crippen LogP contribution in [0.1, 0.15) is 48.9 Å². The van der Waals surface area contributed by atoms with Crippen molar-refractivity contribution in [2.45, 2.75) is 38.5 Å². The molecule has 1 saturated carbocycles. The lowest BCUT2D eigenvalue weighted by atomic mass is 9.73. The van der Waals surface area contributed by atoms with E-state index in [1.54, 1.807) is 12.1 Å². The van der Waals surface area contributed by atoms with Crippen molar-refractivity contribution in [1.29, 1.82) is 0 Å². The molecule has 2 fully saturated rings. The fourth-order valence-corrected chi connectivity index (χ4v) is 4.11. The van der Waals surface area contributed by atoms with Gasteiger partial charge < -0.3 is 10.0 Å². The van der Waals surface area contributed by atoms with Crippen molar-refractivity contribution in [3.05, 3.63) is 28.2 Å². The van der Waals surface area contributed by atoms with Gasteiger partial charge in [0, 0.05) is 23.0 Å². The predicted molar refractivity (Wildman–Crippen MR) is 83.4 cm³/mol. The molecular weight excluding hydrogens is 318 g/mol. The maximum Gasteiger partial charge on any atom is 0.335 e. The number of hydrogen-bond acceptors (Lipinski definition) is 2. The molecule has 1 saturated heterocycles. The summed E-state index contributed by atoms with van der Waals surface area (Å²) < 4.78 is 0.992. The van der Waals surface area contributed by atoms with Gasteiger partial charge in [-0.25, -0.2) is 4.79 Å². The highest BCUT2D eigenvalue weighted by atomic mass is 79.9. The molecule has 1 N–H and O–H groups in total. The van der Waals surface area contributed by atoms with E-state index in [2.05, 4.69) is 20.8 Å². The van der Waals surface area contributed by atoms with Crippen molar-refractivity contribution in [3.63, 3.8) is 0 Å². The zero-order chi connectivity index (χ0) is 14.2. The number of nitrogens with zero attached hydrogens (tertiary/aromatic N) is 1. The number of carboxylic acid groups (broad SMARTS) is 1. The summed E-state index contributed by atoms with van der Waals surface area (Å²) in [6.45, 7) is 2.16. The first-order chi connectivity index (χ1) is 9.60. The van der Waals surface area contributed by atoms with E-state index < -0.39 is 5.97 Å². The zero-order valence-corrected chi connectivity index (χ0v) is 13.2. The minimum atomic E-state index is -0.858. The molecule has 1 aromatic carbocycles. The standard InChI is InChI=1S/C16H20BrNO2/c17-13-6-5-12(15(19)20)9-14(13)18-10-16(11-18)7-3-1-2-4-8-16/h5-6,9H,1-4,7-8,10-11H2,(H,19,20). The van der Waals surface area contributed by atoms with Gasteiger partial charge in [-0.2, -0.15) is 0 Å². The summed E-state index contributed by atoms with van der Waals surface area (Å²) in [5.41, 5.74) is 1.89. The van der Waals surface area contributed by atoms with Gasteiger partial charge >= 0.3 is 5.97 Å². The largest absolute Gasteiger partial charge is 0.478 e. The van der Waals surface area contributed by atoms with Crippen molar-refractivity contribution in [2.24, 2.45) is 5.41 Å². The maximum atomic E-state index is 11.1. The molecule has 20 heavy (non-hydrogen) atoms. The van der Waals surface area contributed by atoms with E-state index in [1.165, 1.54) is 38.5 Å². The molecular formula is C16H20BrNO2. The van der Waals surface area contributed by atoms with Crippen molar-refractivity contribution in [3.8, 4) is 0 Å². The first kappa shape index (κ1) is 13.9. The van der Waals surface area contributed by atoms with E-state index in [9.17, 15) is 4.79 Å². The van der Waals surface area contributed by atoms with Crippen molar-refractivity contribution in [1.82, 2.24) is 0 Å². The van der Waals surface area contributed by atoms with Crippen LogP contribution in [-0.4, -0.2) is 24.2 Å². The number of carboxylic acids is 1. The van der Waals surface area contributed by atoms with Crippen LogP contribution in [0, 0.1) is 5.41 Å². The molecule has 1 heterocycles. The molecule has 3 rings (SSSR count). The van der Waals surface area contributed by atoms with Gasteiger partial charge in [0.1, 0.15) is 0 Å². The zero-order valence-electron chi connectivity index (χ0n) is 11.6. The molecule has 0 radical (unpaired) electrons. The van der Waals surface area contributed by atoms with Crippen LogP contribution in [0.3, 0.4) is 0 Å². The maximum absolute atomic E-state index is 11.1. The highest BCUT2D eigenvalue weighted by Crippen LogP contribution is 2.46. The number of benzene rings is 1. The Balaban J connectivity index is 1.75. The number of carbonyl (C=O) groups is 1. The Kier molecular flexibility index (Phi) is 3.76. The number of aromatic carboxylic acids is 1. The second kappa shape index (κ2) is 5.40. The first-order valence-electron chi connectivity index (χ1n) is 7.38. The van der Waals surface area contributed by atoms with Crippen molar-refractivity contribution in [2.75, 3.05) is 18.0 Å². The molecule has 0 atom stereocenters. The van der Waals surface area contributed by atoms with Gasteiger partial charge in [-0.15, -0.1) is 0 Å². The molecule has 1 aromatic rings. The summed E-state index contributed by atoms with van der Waals surface area (Å²) in [5.74, 6) is -0.858. The minimum Gasteiger partial charge on any atom is -0.478 e. The van der Waals surface area contributed by atoms with Crippen LogP contribution in [0.5, 0.6) is 0 Å². The van der Waals surface area contributed by atoms with Crippen LogP contribution in [0.2, 0.25) is 0 Å². The molecule has 2 aliphatic rings. The second-order valence-electron chi connectivity index (χ2n) is 6.24. The number of halogens is 1. The highest BCUT2D eigenvalue weighted by Gasteiger charge is 2.43. The van der Waals surface area contributed by atoms with Gasteiger partial charge in [-0.3, -0.25) is 0 Å². The van der Waals surface area contributed by atoms with Gasteiger partial charge in [0.2, 0.25) is 0 Å². The first-order valence-corrected chi connectivity index (χ1v) is 8.17. The third-order valence-corrected chi connectivity index (χ3v) is 5.42. The Morgan fingerprint density at radius 2 is 1.80 bits per heavy atom. The smallest absolute Gasteiger partial charge is 0.335 e. The Hall–Kier alpha value is -1.03. The quantitative estimate of drug-likeness (QED) is 0.874. The minimum absolute atomic E-state index is 0.366. The van der Waals surface area contributed by atoms with Crippen LogP contribution in [0.25, 0.3) is 0 Å². The van der Waals surface area contributed by atoms with Crippen molar-refractivity contribution >= 4 is 27.6 Å². The Bertz CT molecular complexity index is 513. The summed E-state index contributed by atoms with van der Waals surface area (Å²) in [6.07, 6.45) is 8.12. The lowest BCUT2D eigenvalue weighted by Crippen LogP contribution is -2.56. The molecule has 1 aliphatic carbocycles. The highest BCUT2D eigenvalue weighted by molar-refractivity contribution is 9.10. The average molecular weight is 338 g/mol. The lowest BCUT2D eigenvalue weighted by Gasteiger charge is -2.52. The van der Waals surface area contributed by atoms with Gasteiger partial charge in [0.05, 0.1) is 11.3 Å². The fraction of sp³-hybridized carbons (Fsp3) is 0.562.